The van der Waals surface area contributed by atoms with Gasteiger partial charge in [0, 0.05) is 6.54 Å². The fourth-order valence-electron chi connectivity index (χ4n) is 7.14. The molecule has 2 aliphatic heterocycles. The Kier molecular flexibility index (Phi) is 11.8. The van der Waals surface area contributed by atoms with E-state index in [1.165, 1.54) is 0 Å². The highest BCUT2D eigenvalue weighted by atomic mass is 28.4. The summed E-state index contributed by atoms with van der Waals surface area (Å²) in [5.41, 5.74) is -3.01. The van der Waals surface area contributed by atoms with Gasteiger partial charge in [0.15, 0.2) is 0 Å². The number of hydrogen-bond donors (Lipinski definition) is 0. The normalized spacial score (nSPS) is 20.5. The molecule has 0 saturated carbocycles. The molecule has 0 bridgehead atoms. The third kappa shape index (κ3) is 9.38. The summed E-state index contributed by atoms with van der Waals surface area (Å²) in [7, 11) is -3.12. The van der Waals surface area contributed by atoms with Gasteiger partial charge in [-0.3, -0.25) is 9.69 Å². The van der Waals surface area contributed by atoms with E-state index in [2.05, 4.69) is 45.0 Å². The maximum atomic E-state index is 14.1. The van der Waals surface area contributed by atoms with Crippen molar-refractivity contribution in [3.63, 3.8) is 0 Å². The lowest BCUT2D eigenvalue weighted by Crippen LogP contribution is -2.69. The van der Waals surface area contributed by atoms with E-state index in [9.17, 15) is 14.4 Å². The average molecular weight is 738 g/mol. The Morgan fingerprint density at radius 3 is 1.56 bits per heavy atom. The first-order chi connectivity index (χ1) is 23.8. The smallest absolute Gasteiger partial charge is 0.425 e. The van der Waals surface area contributed by atoms with Crippen LogP contribution in [0.3, 0.4) is 0 Å². The highest BCUT2D eigenvalue weighted by Crippen LogP contribution is 2.43. The maximum absolute atomic E-state index is 14.1. The molecule has 2 aromatic carbocycles. The minimum absolute atomic E-state index is 0.187. The molecule has 2 amide bonds. The lowest BCUT2D eigenvalue weighted by molar-refractivity contribution is -0.166. The Balaban J connectivity index is 1.88. The summed E-state index contributed by atoms with van der Waals surface area (Å²) < 4.78 is 25.5. The van der Waals surface area contributed by atoms with E-state index in [-0.39, 0.29) is 24.1 Å². The molecule has 0 aliphatic carbocycles. The lowest BCUT2D eigenvalue weighted by Gasteiger charge is -2.46. The summed E-state index contributed by atoms with van der Waals surface area (Å²) in [4.78, 5) is 43.3. The van der Waals surface area contributed by atoms with Gasteiger partial charge in [0.2, 0.25) is 0 Å². The molecular formula is C41H63N3O7Si. The zero-order valence-electron chi connectivity index (χ0n) is 34.0. The summed E-state index contributed by atoms with van der Waals surface area (Å²) >= 11 is 0. The zero-order valence-corrected chi connectivity index (χ0v) is 35.0. The van der Waals surface area contributed by atoms with Crippen LogP contribution >= 0.6 is 0 Å². The molecule has 0 aromatic heterocycles. The third-order valence-corrected chi connectivity index (χ3v) is 14.5. The fraction of sp³-hybridized carbons (Fsp3) is 0.634. The molecule has 0 spiro atoms. The maximum Gasteiger partial charge on any atom is 0.425 e. The van der Waals surface area contributed by atoms with Crippen molar-refractivity contribution in [3.05, 3.63) is 60.7 Å². The van der Waals surface area contributed by atoms with Crippen LogP contribution < -0.4 is 10.4 Å². The minimum Gasteiger partial charge on any atom is -0.460 e. The van der Waals surface area contributed by atoms with Crippen molar-refractivity contribution in [2.45, 2.75) is 143 Å². The van der Waals surface area contributed by atoms with E-state index in [0.29, 0.717) is 13.0 Å². The van der Waals surface area contributed by atoms with E-state index >= 15 is 0 Å². The Hall–Kier alpha value is -3.41. The van der Waals surface area contributed by atoms with Gasteiger partial charge in [-0.2, -0.15) is 0 Å². The highest BCUT2D eigenvalue weighted by molar-refractivity contribution is 6.99. The number of nitrogens with zero attached hydrogens (tertiary/aromatic N) is 3. The van der Waals surface area contributed by atoms with Crippen LogP contribution in [0.25, 0.3) is 0 Å². The number of ether oxygens (including phenoxy) is 3. The highest BCUT2D eigenvalue weighted by Gasteiger charge is 2.61. The number of fused-ring (bicyclic) bond motifs is 1. The standard InChI is InChI=1S/C41H63N3O7Si/c1-37(2,3)48-34(45)41(13,14)25-26-43-33-31(27-44(43)36(47)50-39(7,8)9)42(35(46)49-38(4,5)6)28-32(33)51-52(40(10,11)12,29-21-17-15-18-22-29)30-23-19-16-20-24-30/h15-24,31-33H,25-28H2,1-14H3. The van der Waals surface area contributed by atoms with Gasteiger partial charge in [-0.15, -0.1) is 0 Å². The predicted molar refractivity (Wildman–Crippen MR) is 207 cm³/mol. The second kappa shape index (κ2) is 14.8. The number of carbonyl (C=O) groups excluding carboxylic acids is 3. The number of benzene rings is 2. The van der Waals surface area contributed by atoms with Gasteiger partial charge in [-0.1, -0.05) is 81.4 Å². The van der Waals surface area contributed by atoms with Crippen LogP contribution in [-0.4, -0.2) is 96.0 Å². The average Bonchev–Trinajstić information content (AvgIpc) is 3.54. The molecule has 11 heteroatoms. The zero-order chi connectivity index (χ0) is 39.1. The van der Waals surface area contributed by atoms with E-state index in [1.807, 2.05) is 118 Å². The number of carbonyl (C=O) groups is 3. The number of hydrazine groups is 1. The lowest BCUT2D eigenvalue weighted by atomic mass is 9.89. The molecule has 2 fully saturated rings. The molecule has 52 heavy (non-hydrogen) atoms. The Morgan fingerprint density at radius 2 is 1.12 bits per heavy atom. The summed E-state index contributed by atoms with van der Waals surface area (Å²) in [6.07, 6.45) is -1.13. The SMILES string of the molecule is CC(C)(C)OC(=O)N1CC(O[Si](c2ccccc2)(c2ccccc2)C(C)(C)C)C2C1CN(C(=O)OC(C)(C)C)N2CCC(C)(C)C(=O)OC(C)(C)C. The van der Waals surface area contributed by atoms with Gasteiger partial charge < -0.3 is 18.6 Å². The number of esters is 1. The third-order valence-electron chi connectivity index (χ3n) is 9.46. The second-order valence-electron chi connectivity index (χ2n) is 18.9. The van der Waals surface area contributed by atoms with Crippen LogP contribution in [0.1, 0.15) is 103 Å². The van der Waals surface area contributed by atoms with Crippen LogP contribution in [0, 0.1) is 5.41 Å². The summed E-state index contributed by atoms with van der Waals surface area (Å²) in [5, 5.41) is 5.47. The summed E-state index contributed by atoms with van der Waals surface area (Å²) in [6.45, 7) is 27.8. The van der Waals surface area contributed by atoms with Gasteiger partial charge in [-0.05, 0) is 98.0 Å². The van der Waals surface area contributed by atoms with Crippen LogP contribution in [0.15, 0.2) is 60.7 Å². The first kappa shape index (κ1) is 41.3. The van der Waals surface area contributed by atoms with Crippen molar-refractivity contribution >= 4 is 36.8 Å². The van der Waals surface area contributed by atoms with Crippen molar-refractivity contribution in [1.29, 1.82) is 0 Å². The van der Waals surface area contributed by atoms with Gasteiger partial charge in [0.05, 0.1) is 36.7 Å². The van der Waals surface area contributed by atoms with Crippen molar-refractivity contribution in [2.24, 2.45) is 5.41 Å². The largest absolute Gasteiger partial charge is 0.460 e. The number of amides is 2. The molecule has 0 N–H and O–H groups in total. The Morgan fingerprint density at radius 1 is 0.654 bits per heavy atom. The summed E-state index contributed by atoms with van der Waals surface area (Å²) in [6, 6.07) is 19.9. The van der Waals surface area contributed by atoms with Gasteiger partial charge >= 0.3 is 18.2 Å². The second-order valence-corrected chi connectivity index (χ2v) is 23.1. The first-order valence-corrected chi connectivity index (χ1v) is 20.5. The number of likely N-dealkylation sites (tertiary alicyclic amines) is 1. The molecule has 2 aliphatic rings. The molecule has 2 aromatic rings. The quantitative estimate of drug-likeness (QED) is 0.160. The fourth-order valence-corrected chi connectivity index (χ4v) is 11.8. The van der Waals surface area contributed by atoms with E-state index in [0.717, 1.165) is 10.4 Å². The van der Waals surface area contributed by atoms with Gasteiger partial charge in [-0.25, -0.2) is 19.6 Å². The molecule has 288 valence electrons. The molecule has 10 nitrogen and oxygen atoms in total. The Bertz CT molecular complexity index is 1520. The first-order valence-electron chi connectivity index (χ1n) is 18.5. The molecule has 3 unspecified atom stereocenters. The molecule has 0 radical (unpaired) electrons. The molecular weight excluding hydrogens is 675 g/mol. The Labute approximate surface area is 313 Å². The van der Waals surface area contributed by atoms with Gasteiger partial charge in [0.1, 0.15) is 16.8 Å². The molecule has 2 saturated heterocycles. The van der Waals surface area contributed by atoms with Crippen LogP contribution in [0.2, 0.25) is 5.04 Å². The topological polar surface area (TPSA) is 97.9 Å². The summed E-state index contributed by atoms with van der Waals surface area (Å²) in [5.74, 6) is -0.318. The van der Waals surface area contributed by atoms with Crippen LogP contribution in [0.4, 0.5) is 9.59 Å². The molecule has 2 heterocycles. The van der Waals surface area contributed by atoms with E-state index in [1.54, 1.807) is 9.91 Å². The van der Waals surface area contributed by atoms with Crippen LogP contribution in [0.5, 0.6) is 0 Å². The monoisotopic (exact) mass is 737 g/mol. The molecule has 4 rings (SSSR count). The van der Waals surface area contributed by atoms with Crippen LogP contribution in [-0.2, 0) is 23.4 Å². The predicted octanol–water partition coefficient (Wildman–Crippen LogP) is 7.15. The van der Waals surface area contributed by atoms with E-state index < -0.39 is 60.9 Å². The number of rotatable bonds is 8. The van der Waals surface area contributed by atoms with Gasteiger partial charge in [0.25, 0.3) is 8.32 Å². The van der Waals surface area contributed by atoms with Crippen molar-refractivity contribution in [1.82, 2.24) is 14.9 Å². The molecule has 3 atom stereocenters. The van der Waals surface area contributed by atoms with Crippen molar-refractivity contribution in [2.75, 3.05) is 19.6 Å². The van der Waals surface area contributed by atoms with E-state index in [4.69, 9.17) is 18.6 Å². The number of hydrogen-bond acceptors (Lipinski definition) is 8. The van der Waals surface area contributed by atoms with Crippen molar-refractivity contribution < 1.29 is 33.0 Å². The van der Waals surface area contributed by atoms with Crippen molar-refractivity contribution in [3.8, 4) is 0 Å². The minimum atomic E-state index is -3.12.